The number of carbonyl (C=O) groups excluding carboxylic acids is 1. The zero-order valence-corrected chi connectivity index (χ0v) is 17.7. The summed E-state index contributed by atoms with van der Waals surface area (Å²) in [5, 5.41) is 4.74. The minimum Gasteiger partial charge on any atom is -0.342 e. The molecule has 156 valence electrons. The molecule has 0 atom stereocenters. The van der Waals surface area contributed by atoms with Crippen LogP contribution in [-0.4, -0.2) is 43.6 Å². The number of aryl methyl sites for hydroxylation is 3. The van der Waals surface area contributed by atoms with E-state index in [2.05, 4.69) is 22.1 Å². The standard InChI is InChI=1S/C23H27N5O2/c1-15-18(16(2)25-23(30)24-15)9-10-21(29)28-13-11-19-20(12-14-28)26-27(3)22(19)17-7-5-4-6-8-17/h4-8H,9-14H2,1-3H3,(H,24,25,30). The minimum atomic E-state index is -0.340. The number of benzene rings is 1. The highest BCUT2D eigenvalue weighted by molar-refractivity contribution is 5.77. The number of nitrogens with zero attached hydrogens (tertiary/aromatic N) is 4. The number of aromatic amines is 1. The number of hydrogen-bond donors (Lipinski definition) is 1. The van der Waals surface area contributed by atoms with E-state index in [1.165, 1.54) is 5.56 Å². The fourth-order valence-corrected chi connectivity index (χ4v) is 4.41. The highest BCUT2D eigenvalue weighted by Gasteiger charge is 2.24. The van der Waals surface area contributed by atoms with E-state index in [4.69, 9.17) is 5.10 Å². The van der Waals surface area contributed by atoms with Crippen molar-refractivity contribution in [3.8, 4) is 11.3 Å². The normalized spacial score (nSPS) is 13.8. The Bertz CT molecular complexity index is 1100. The molecule has 4 rings (SSSR count). The number of hydrogen-bond acceptors (Lipinski definition) is 4. The quantitative estimate of drug-likeness (QED) is 0.722. The number of amides is 1. The van der Waals surface area contributed by atoms with Crippen LogP contribution in [0.3, 0.4) is 0 Å². The van der Waals surface area contributed by atoms with Gasteiger partial charge in [-0.05, 0) is 32.3 Å². The van der Waals surface area contributed by atoms with Crippen molar-refractivity contribution in [2.24, 2.45) is 7.05 Å². The molecule has 1 aliphatic rings. The van der Waals surface area contributed by atoms with Crippen molar-refractivity contribution in [2.75, 3.05) is 13.1 Å². The summed E-state index contributed by atoms with van der Waals surface area (Å²) < 4.78 is 1.96. The van der Waals surface area contributed by atoms with Crippen LogP contribution in [-0.2, 0) is 31.1 Å². The summed E-state index contributed by atoms with van der Waals surface area (Å²) in [6, 6.07) is 10.3. The van der Waals surface area contributed by atoms with E-state index in [1.54, 1.807) is 0 Å². The van der Waals surface area contributed by atoms with E-state index in [-0.39, 0.29) is 11.6 Å². The Balaban J connectivity index is 1.46. The van der Waals surface area contributed by atoms with Gasteiger partial charge in [0, 0.05) is 55.5 Å². The van der Waals surface area contributed by atoms with Gasteiger partial charge in [0.2, 0.25) is 5.91 Å². The third-order valence-corrected chi connectivity index (χ3v) is 5.92. The molecule has 1 N–H and O–H groups in total. The fraction of sp³-hybridized carbons (Fsp3) is 0.391. The molecule has 1 aliphatic heterocycles. The topological polar surface area (TPSA) is 83.9 Å². The van der Waals surface area contributed by atoms with Gasteiger partial charge >= 0.3 is 5.69 Å². The second-order valence-electron chi connectivity index (χ2n) is 7.88. The van der Waals surface area contributed by atoms with Crippen molar-refractivity contribution in [1.82, 2.24) is 24.6 Å². The number of fused-ring (bicyclic) bond motifs is 1. The average Bonchev–Trinajstić information content (AvgIpc) is 2.88. The molecule has 2 aromatic heterocycles. The lowest BCUT2D eigenvalue weighted by molar-refractivity contribution is -0.131. The van der Waals surface area contributed by atoms with Gasteiger partial charge in [0.15, 0.2) is 0 Å². The monoisotopic (exact) mass is 405 g/mol. The molecule has 0 aliphatic carbocycles. The Morgan fingerprint density at radius 2 is 1.87 bits per heavy atom. The van der Waals surface area contributed by atoms with Gasteiger partial charge in [-0.25, -0.2) is 4.79 Å². The molecule has 7 nitrogen and oxygen atoms in total. The van der Waals surface area contributed by atoms with E-state index in [9.17, 15) is 9.59 Å². The van der Waals surface area contributed by atoms with Crippen LogP contribution in [0.15, 0.2) is 35.1 Å². The van der Waals surface area contributed by atoms with Gasteiger partial charge in [0.05, 0.1) is 11.4 Å². The lowest BCUT2D eigenvalue weighted by Crippen LogP contribution is -2.33. The second-order valence-corrected chi connectivity index (χ2v) is 7.88. The predicted molar refractivity (Wildman–Crippen MR) is 115 cm³/mol. The Kier molecular flexibility index (Phi) is 5.53. The van der Waals surface area contributed by atoms with E-state index in [0.717, 1.165) is 41.1 Å². The molecule has 0 spiro atoms. The van der Waals surface area contributed by atoms with Crippen LogP contribution in [0.1, 0.15) is 34.6 Å². The highest BCUT2D eigenvalue weighted by atomic mass is 16.2. The zero-order valence-electron chi connectivity index (χ0n) is 17.7. The summed E-state index contributed by atoms with van der Waals surface area (Å²) in [5.41, 5.74) is 6.74. The van der Waals surface area contributed by atoms with Crippen molar-refractivity contribution in [1.29, 1.82) is 0 Å². The summed E-state index contributed by atoms with van der Waals surface area (Å²) in [5.74, 6) is 0.135. The van der Waals surface area contributed by atoms with E-state index in [0.29, 0.717) is 31.6 Å². The SMILES string of the molecule is Cc1nc(=O)[nH]c(C)c1CCC(=O)N1CCc2nn(C)c(-c3ccccc3)c2CC1. The Morgan fingerprint density at radius 1 is 1.13 bits per heavy atom. The van der Waals surface area contributed by atoms with Crippen molar-refractivity contribution < 1.29 is 4.79 Å². The molecule has 0 fully saturated rings. The minimum absolute atomic E-state index is 0.135. The molecule has 0 saturated heterocycles. The Labute approximate surface area is 175 Å². The van der Waals surface area contributed by atoms with Gasteiger partial charge in [-0.15, -0.1) is 0 Å². The first-order chi connectivity index (χ1) is 14.4. The maximum atomic E-state index is 12.9. The van der Waals surface area contributed by atoms with Crippen LogP contribution in [0.4, 0.5) is 0 Å². The largest absolute Gasteiger partial charge is 0.345 e. The molecule has 0 radical (unpaired) electrons. The van der Waals surface area contributed by atoms with Gasteiger partial charge in [-0.1, -0.05) is 30.3 Å². The third kappa shape index (κ3) is 3.92. The van der Waals surface area contributed by atoms with Crippen LogP contribution in [0.5, 0.6) is 0 Å². The van der Waals surface area contributed by atoms with Crippen molar-refractivity contribution in [3.63, 3.8) is 0 Å². The van der Waals surface area contributed by atoms with Gasteiger partial charge in [-0.2, -0.15) is 10.1 Å². The molecular weight excluding hydrogens is 378 g/mol. The lowest BCUT2D eigenvalue weighted by Gasteiger charge is -2.21. The van der Waals surface area contributed by atoms with Gasteiger partial charge in [-0.3, -0.25) is 9.48 Å². The van der Waals surface area contributed by atoms with Crippen LogP contribution < -0.4 is 5.69 Å². The molecule has 0 unspecified atom stereocenters. The van der Waals surface area contributed by atoms with Crippen LogP contribution in [0, 0.1) is 13.8 Å². The third-order valence-electron chi connectivity index (χ3n) is 5.92. The van der Waals surface area contributed by atoms with Crippen LogP contribution in [0.25, 0.3) is 11.3 Å². The van der Waals surface area contributed by atoms with Crippen LogP contribution in [0.2, 0.25) is 0 Å². The molecule has 3 aromatic rings. The first kappa shape index (κ1) is 20.1. The smallest absolute Gasteiger partial charge is 0.342 e. The summed E-state index contributed by atoms with van der Waals surface area (Å²) >= 11 is 0. The van der Waals surface area contributed by atoms with E-state index in [1.807, 2.05) is 48.7 Å². The summed E-state index contributed by atoms with van der Waals surface area (Å²) in [4.78, 5) is 33.0. The van der Waals surface area contributed by atoms with E-state index >= 15 is 0 Å². The van der Waals surface area contributed by atoms with Gasteiger partial charge in [0.1, 0.15) is 0 Å². The average molecular weight is 406 g/mol. The molecular formula is C23H27N5O2. The van der Waals surface area contributed by atoms with Gasteiger partial charge in [0.25, 0.3) is 0 Å². The zero-order chi connectivity index (χ0) is 21.3. The highest BCUT2D eigenvalue weighted by Crippen LogP contribution is 2.28. The Hall–Kier alpha value is -3.22. The summed E-state index contributed by atoms with van der Waals surface area (Å²) in [6.07, 6.45) is 2.56. The van der Waals surface area contributed by atoms with Crippen molar-refractivity contribution in [3.05, 3.63) is 69.0 Å². The first-order valence-corrected chi connectivity index (χ1v) is 10.4. The van der Waals surface area contributed by atoms with Crippen molar-refractivity contribution in [2.45, 2.75) is 39.5 Å². The number of nitrogens with one attached hydrogen (secondary N) is 1. The lowest BCUT2D eigenvalue weighted by atomic mass is 10.0. The molecule has 0 bridgehead atoms. The molecule has 30 heavy (non-hydrogen) atoms. The number of H-pyrrole nitrogens is 1. The maximum absolute atomic E-state index is 12.9. The maximum Gasteiger partial charge on any atom is 0.345 e. The van der Waals surface area contributed by atoms with Crippen LogP contribution >= 0.6 is 0 Å². The molecule has 1 aromatic carbocycles. The Morgan fingerprint density at radius 3 is 2.60 bits per heavy atom. The molecule has 1 amide bonds. The number of rotatable bonds is 4. The second kappa shape index (κ2) is 8.26. The first-order valence-electron chi connectivity index (χ1n) is 10.4. The molecule has 0 saturated carbocycles. The molecule has 3 heterocycles. The summed E-state index contributed by atoms with van der Waals surface area (Å²) in [6.45, 7) is 5.05. The van der Waals surface area contributed by atoms with E-state index < -0.39 is 0 Å². The predicted octanol–water partition coefficient (Wildman–Crippen LogP) is 2.35. The number of carbonyl (C=O) groups is 1. The summed E-state index contributed by atoms with van der Waals surface area (Å²) in [7, 11) is 1.99. The van der Waals surface area contributed by atoms with Crippen molar-refractivity contribution >= 4 is 5.91 Å². The van der Waals surface area contributed by atoms with Gasteiger partial charge < -0.3 is 9.88 Å². The molecule has 7 heteroatoms. The number of aromatic nitrogens is 4. The fourth-order valence-electron chi connectivity index (χ4n) is 4.41.